The summed E-state index contributed by atoms with van der Waals surface area (Å²) >= 11 is 1.47. The number of aliphatic hydroxyl groups is 1. The average molecular weight is 492 g/mol. The zero-order chi connectivity index (χ0) is 25.5. The number of carbonyl (C=O) groups excluding carboxylic acids is 1. The van der Waals surface area contributed by atoms with Gasteiger partial charge < -0.3 is 14.7 Å². The summed E-state index contributed by atoms with van der Waals surface area (Å²) in [7, 11) is 3.47. The van der Waals surface area contributed by atoms with Crippen molar-refractivity contribution < 1.29 is 14.6 Å². The number of thiophene rings is 1. The van der Waals surface area contributed by atoms with E-state index in [0.717, 1.165) is 34.6 Å². The molecular weight excluding hydrogens is 454 g/mol. The van der Waals surface area contributed by atoms with Crippen LogP contribution in [0.1, 0.15) is 79.9 Å². The van der Waals surface area contributed by atoms with Crippen LogP contribution < -0.4 is 4.74 Å². The van der Waals surface area contributed by atoms with E-state index in [0.29, 0.717) is 4.88 Å². The van der Waals surface area contributed by atoms with Gasteiger partial charge >= 0.3 is 0 Å². The molecule has 1 aromatic heterocycles. The molecule has 0 saturated heterocycles. The molecule has 0 fully saturated rings. The molecule has 0 radical (unpaired) electrons. The molecule has 0 aliphatic heterocycles. The fourth-order valence-electron chi connectivity index (χ4n) is 5.05. The average Bonchev–Trinajstić information content (AvgIpc) is 3.35. The minimum atomic E-state index is -0.754. The van der Waals surface area contributed by atoms with Crippen LogP contribution in [-0.4, -0.2) is 36.1 Å². The zero-order valence-electron chi connectivity index (χ0n) is 21.9. The molecule has 3 aromatic rings. The molecule has 5 heteroatoms. The first-order valence-electron chi connectivity index (χ1n) is 12.3. The molecule has 4 nitrogen and oxygen atoms in total. The molecular formula is C30H37NO3S. The Balaban J connectivity index is 1.65. The summed E-state index contributed by atoms with van der Waals surface area (Å²) in [4.78, 5) is 16.6. The van der Waals surface area contributed by atoms with Crippen molar-refractivity contribution in [1.82, 2.24) is 4.90 Å². The molecule has 0 spiro atoms. The third-order valence-corrected chi connectivity index (χ3v) is 8.89. The molecule has 1 aliphatic rings. The molecule has 0 bridgehead atoms. The number of amides is 1. The predicted octanol–water partition coefficient (Wildman–Crippen LogP) is 6.97. The third-order valence-electron chi connectivity index (χ3n) is 7.78. The topological polar surface area (TPSA) is 49.8 Å². The Hall–Kier alpha value is -2.63. The van der Waals surface area contributed by atoms with Gasteiger partial charge in [-0.15, -0.1) is 11.3 Å². The smallest absolute Gasteiger partial charge is 0.264 e. The van der Waals surface area contributed by atoms with Crippen LogP contribution in [0.5, 0.6) is 5.75 Å². The predicted molar refractivity (Wildman–Crippen MR) is 145 cm³/mol. The van der Waals surface area contributed by atoms with E-state index in [1.54, 1.807) is 19.1 Å². The number of likely N-dealkylation sites (N-methyl/N-ethyl adjacent to an activating group) is 1. The van der Waals surface area contributed by atoms with Crippen molar-refractivity contribution in [2.45, 2.75) is 70.4 Å². The number of benzene rings is 2. The highest BCUT2D eigenvalue weighted by molar-refractivity contribution is 7.17. The molecule has 2 unspecified atom stereocenters. The van der Waals surface area contributed by atoms with E-state index in [4.69, 9.17) is 4.74 Å². The van der Waals surface area contributed by atoms with Crippen molar-refractivity contribution >= 4 is 17.2 Å². The lowest BCUT2D eigenvalue weighted by molar-refractivity contribution is 0.0491. The van der Waals surface area contributed by atoms with E-state index in [1.165, 1.54) is 22.5 Å². The van der Waals surface area contributed by atoms with Gasteiger partial charge in [-0.2, -0.15) is 0 Å². The summed E-state index contributed by atoms with van der Waals surface area (Å²) < 4.78 is 5.84. The number of methoxy groups -OCH3 is 1. The third kappa shape index (κ3) is 4.76. The monoisotopic (exact) mass is 491 g/mol. The van der Waals surface area contributed by atoms with Crippen LogP contribution >= 0.6 is 11.3 Å². The van der Waals surface area contributed by atoms with E-state index in [-0.39, 0.29) is 22.8 Å². The molecule has 1 N–H and O–H groups in total. The summed E-state index contributed by atoms with van der Waals surface area (Å²) in [5.41, 5.74) is 4.74. The van der Waals surface area contributed by atoms with Gasteiger partial charge in [0.05, 0.1) is 24.1 Å². The summed E-state index contributed by atoms with van der Waals surface area (Å²) in [5, 5.41) is 10.8. The second-order valence-electron chi connectivity index (χ2n) is 11.0. The number of rotatable bonds is 6. The van der Waals surface area contributed by atoms with Crippen LogP contribution in [0.3, 0.4) is 0 Å². The van der Waals surface area contributed by atoms with Crippen molar-refractivity contribution in [3.63, 3.8) is 0 Å². The van der Waals surface area contributed by atoms with Crippen molar-refractivity contribution in [3.05, 3.63) is 76.2 Å². The second kappa shape index (κ2) is 9.44. The Morgan fingerprint density at radius 3 is 2.20 bits per heavy atom. The molecule has 1 heterocycles. The minimum Gasteiger partial charge on any atom is -0.496 e. The van der Waals surface area contributed by atoms with Gasteiger partial charge in [-0.25, -0.2) is 0 Å². The molecule has 1 aliphatic carbocycles. The minimum absolute atomic E-state index is 0.0883. The molecule has 2 atom stereocenters. The van der Waals surface area contributed by atoms with Gasteiger partial charge in [0.2, 0.25) is 0 Å². The zero-order valence-corrected chi connectivity index (χ0v) is 22.7. The SMILES string of the molecule is COc1cc2c(cc1-c1ccc(C(=O)N(C)C(C)C(O)c3ccccc3)s1)C(C)(C)CCC2(C)C. The molecule has 2 aromatic carbocycles. The Labute approximate surface area is 213 Å². The van der Waals surface area contributed by atoms with Crippen LogP contribution in [-0.2, 0) is 10.8 Å². The lowest BCUT2D eigenvalue weighted by Gasteiger charge is -2.42. The van der Waals surface area contributed by atoms with E-state index in [2.05, 4.69) is 39.8 Å². The quantitative estimate of drug-likeness (QED) is 0.405. The number of carbonyl (C=O) groups is 1. The van der Waals surface area contributed by atoms with Gasteiger partial charge in [-0.1, -0.05) is 58.0 Å². The maximum atomic E-state index is 13.3. The second-order valence-corrected chi connectivity index (χ2v) is 12.1. The highest BCUT2D eigenvalue weighted by atomic mass is 32.1. The Morgan fingerprint density at radius 1 is 1.00 bits per heavy atom. The first-order chi connectivity index (χ1) is 16.5. The summed E-state index contributed by atoms with van der Waals surface area (Å²) in [6, 6.07) is 17.5. The maximum Gasteiger partial charge on any atom is 0.264 e. The molecule has 186 valence electrons. The molecule has 1 amide bonds. The van der Waals surface area contributed by atoms with E-state index >= 15 is 0 Å². The van der Waals surface area contributed by atoms with E-state index < -0.39 is 6.10 Å². The van der Waals surface area contributed by atoms with Gasteiger partial charge in [0.15, 0.2) is 0 Å². The first-order valence-corrected chi connectivity index (χ1v) is 13.1. The number of hydrogen-bond donors (Lipinski definition) is 1. The van der Waals surface area contributed by atoms with Crippen molar-refractivity contribution in [2.24, 2.45) is 0 Å². The van der Waals surface area contributed by atoms with Gasteiger partial charge in [-0.05, 0) is 71.6 Å². The summed E-state index contributed by atoms with van der Waals surface area (Å²) in [6.45, 7) is 11.1. The van der Waals surface area contributed by atoms with Crippen molar-refractivity contribution in [2.75, 3.05) is 14.2 Å². The first kappa shape index (κ1) is 25.5. The number of ether oxygens (including phenoxy) is 1. The van der Waals surface area contributed by atoms with Crippen LogP contribution in [0.15, 0.2) is 54.6 Å². The highest BCUT2D eigenvalue weighted by Crippen LogP contribution is 2.49. The number of hydrogen-bond acceptors (Lipinski definition) is 4. The van der Waals surface area contributed by atoms with Gasteiger partial charge in [0.25, 0.3) is 5.91 Å². The van der Waals surface area contributed by atoms with Crippen LogP contribution in [0.25, 0.3) is 10.4 Å². The van der Waals surface area contributed by atoms with Crippen LogP contribution in [0.4, 0.5) is 0 Å². The lowest BCUT2D eigenvalue weighted by atomic mass is 9.63. The Bertz CT molecular complexity index is 1210. The Morgan fingerprint density at radius 2 is 1.60 bits per heavy atom. The standard InChI is InChI=1S/C30H37NO3S/c1-19(27(32)20-11-9-8-10-12-20)31(6)28(33)26-14-13-25(35-26)21-17-22-23(18-24(21)34-7)30(4,5)16-15-29(22,2)3/h8-14,17-19,27,32H,15-16H2,1-7H3. The normalized spacial score (nSPS) is 17.8. The van der Waals surface area contributed by atoms with E-state index in [1.807, 2.05) is 49.4 Å². The lowest BCUT2D eigenvalue weighted by Crippen LogP contribution is -2.38. The van der Waals surface area contributed by atoms with Gasteiger partial charge in [-0.3, -0.25) is 4.79 Å². The fraction of sp³-hybridized carbons (Fsp3) is 0.433. The van der Waals surface area contributed by atoms with Crippen molar-refractivity contribution in [3.8, 4) is 16.2 Å². The number of nitrogens with zero attached hydrogens (tertiary/aromatic N) is 1. The Kier molecular flexibility index (Phi) is 6.87. The maximum absolute atomic E-state index is 13.3. The number of aliphatic hydroxyl groups excluding tert-OH is 1. The van der Waals surface area contributed by atoms with E-state index in [9.17, 15) is 9.90 Å². The van der Waals surface area contributed by atoms with Gasteiger partial charge in [0, 0.05) is 17.5 Å². The molecule has 4 rings (SSSR count). The largest absolute Gasteiger partial charge is 0.496 e. The van der Waals surface area contributed by atoms with Crippen molar-refractivity contribution in [1.29, 1.82) is 0 Å². The fourth-order valence-corrected chi connectivity index (χ4v) is 6.06. The summed E-state index contributed by atoms with van der Waals surface area (Å²) in [6.07, 6.45) is 1.53. The van der Waals surface area contributed by atoms with Crippen LogP contribution in [0, 0.1) is 0 Å². The molecule has 0 saturated carbocycles. The number of fused-ring (bicyclic) bond motifs is 1. The van der Waals surface area contributed by atoms with Gasteiger partial charge in [0.1, 0.15) is 5.75 Å². The highest BCUT2D eigenvalue weighted by Gasteiger charge is 2.38. The summed E-state index contributed by atoms with van der Waals surface area (Å²) in [5.74, 6) is 0.749. The van der Waals surface area contributed by atoms with Crippen LogP contribution in [0.2, 0.25) is 0 Å². The molecule has 35 heavy (non-hydrogen) atoms.